The lowest BCUT2D eigenvalue weighted by atomic mass is 9.98. The van der Waals surface area contributed by atoms with E-state index >= 15 is 0 Å². The summed E-state index contributed by atoms with van der Waals surface area (Å²) in [4.78, 5) is 0. The van der Waals surface area contributed by atoms with Crippen LogP contribution in [-0.2, 0) is 19.0 Å². The molecule has 1 nitrogen and oxygen atoms in total. The third-order valence-corrected chi connectivity index (χ3v) is 2.23. The summed E-state index contributed by atoms with van der Waals surface area (Å²) >= 11 is 0. The van der Waals surface area contributed by atoms with Gasteiger partial charge in [-0.15, -0.1) is 0 Å². The zero-order chi connectivity index (χ0) is 13.4. The number of rotatable bonds is 1. The van der Waals surface area contributed by atoms with Gasteiger partial charge < -0.3 is 5.11 Å². The van der Waals surface area contributed by atoms with E-state index in [1.807, 2.05) is 0 Å². The second kappa shape index (κ2) is 4.21. The standard InChI is InChI=1S/C10H8F6O/c1-5-2-8(10(14,15)16)6(4-17)3-7(5)9(11,12)13/h2-3,17H,4H2,1H3. The van der Waals surface area contributed by atoms with Gasteiger partial charge in [-0.2, -0.15) is 26.3 Å². The summed E-state index contributed by atoms with van der Waals surface area (Å²) in [7, 11) is 0. The highest BCUT2D eigenvalue weighted by molar-refractivity contribution is 5.40. The van der Waals surface area contributed by atoms with Crippen LogP contribution in [0, 0.1) is 6.92 Å². The van der Waals surface area contributed by atoms with Crippen molar-refractivity contribution in [1.29, 1.82) is 0 Å². The van der Waals surface area contributed by atoms with E-state index in [9.17, 15) is 26.3 Å². The Labute approximate surface area is 92.7 Å². The van der Waals surface area contributed by atoms with Crippen molar-refractivity contribution in [3.8, 4) is 0 Å². The van der Waals surface area contributed by atoms with Crippen molar-refractivity contribution in [3.05, 3.63) is 34.4 Å². The first-order valence-electron chi connectivity index (χ1n) is 4.46. The summed E-state index contributed by atoms with van der Waals surface area (Å²) < 4.78 is 74.6. The van der Waals surface area contributed by atoms with Gasteiger partial charge in [0.05, 0.1) is 17.7 Å². The van der Waals surface area contributed by atoms with Gasteiger partial charge in [-0.25, -0.2) is 0 Å². The second-order valence-corrected chi connectivity index (χ2v) is 3.48. The van der Waals surface area contributed by atoms with Gasteiger partial charge in [0.2, 0.25) is 0 Å². The Kier molecular flexibility index (Phi) is 3.42. The molecular formula is C10H8F6O. The first-order chi connectivity index (χ1) is 7.57. The molecule has 0 radical (unpaired) electrons. The van der Waals surface area contributed by atoms with Crippen molar-refractivity contribution < 1.29 is 31.4 Å². The van der Waals surface area contributed by atoms with Crippen LogP contribution in [0.25, 0.3) is 0 Å². The monoisotopic (exact) mass is 258 g/mol. The molecule has 0 atom stereocenters. The fourth-order valence-electron chi connectivity index (χ4n) is 1.45. The van der Waals surface area contributed by atoms with E-state index in [2.05, 4.69) is 0 Å². The highest BCUT2D eigenvalue weighted by atomic mass is 19.4. The molecule has 0 spiro atoms. The van der Waals surface area contributed by atoms with E-state index in [-0.39, 0.29) is 0 Å². The average molecular weight is 258 g/mol. The Balaban J connectivity index is 3.46. The normalized spacial score (nSPS) is 12.9. The smallest absolute Gasteiger partial charge is 0.392 e. The molecule has 0 aliphatic carbocycles. The molecule has 0 fully saturated rings. The van der Waals surface area contributed by atoms with Crippen LogP contribution in [0.1, 0.15) is 22.3 Å². The number of aliphatic hydroxyl groups excluding tert-OH is 1. The number of hydrogen-bond donors (Lipinski definition) is 1. The van der Waals surface area contributed by atoms with E-state index < -0.39 is 41.2 Å². The van der Waals surface area contributed by atoms with Gasteiger partial charge in [-0.3, -0.25) is 0 Å². The quantitative estimate of drug-likeness (QED) is 0.764. The lowest BCUT2D eigenvalue weighted by Gasteiger charge is -2.17. The average Bonchev–Trinajstić information content (AvgIpc) is 2.14. The van der Waals surface area contributed by atoms with Crippen molar-refractivity contribution >= 4 is 0 Å². The number of halogens is 6. The minimum absolute atomic E-state index is 0.332. The number of alkyl halides is 6. The highest BCUT2D eigenvalue weighted by Crippen LogP contribution is 2.38. The minimum atomic E-state index is -4.78. The Morgan fingerprint density at radius 3 is 1.76 bits per heavy atom. The van der Waals surface area contributed by atoms with Crippen LogP contribution in [0.2, 0.25) is 0 Å². The highest BCUT2D eigenvalue weighted by Gasteiger charge is 2.38. The molecule has 1 rings (SSSR count). The maximum Gasteiger partial charge on any atom is 0.416 e. The molecule has 0 amide bonds. The summed E-state index contributed by atoms with van der Waals surface area (Å²) in [5, 5.41) is 8.70. The predicted molar refractivity (Wildman–Crippen MR) is 47.1 cm³/mol. The third-order valence-electron chi connectivity index (χ3n) is 2.23. The lowest BCUT2D eigenvalue weighted by molar-refractivity contribution is -0.142. The molecule has 0 aromatic heterocycles. The van der Waals surface area contributed by atoms with Crippen LogP contribution >= 0.6 is 0 Å². The van der Waals surface area contributed by atoms with Gasteiger partial charge in [0.1, 0.15) is 0 Å². The van der Waals surface area contributed by atoms with E-state index in [1.165, 1.54) is 0 Å². The molecule has 0 unspecified atom stereocenters. The summed E-state index contributed by atoms with van der Waals surface area (Å²) in [6, 6.07) is 0.729. The molecule has 1 N–H and O–H groups in total. The molecule has 1 aromatic rings. The van der Waals surface area contributed by atoms with Gasteiger partial charge in [0.25, 0.3) is 0 Å². The largest absolute Gasteiger partial charge is 0.416 e. The van der Waals surface area contributed by atoms with Crippen molar-refractivity contribution in [1.82, 2.24) is 0 Å². The number of benzene rings is 1. The summed E-state index contributed by atoms with van der Waals surface area (Å²) in [6.07, 6.45) is -9.52. The third kappa shape index (κ3) is 2.91. The maximum absolute atomic E-state index is 12.5. The van der Waals surface area contributed by atoms with Crippen LogP contribution in [0.3, 0.4) is 0 Å². The van der Waals surface area contributed by atoms with Gasteiger partial charge >= 0.3 is 12.4 Å². The molecule has 7 heteroatoms. The fourth-order valence-corrected chi connectivity index (χ4v) is 1.45. The SMILES string of the molecule is Cc1cc(C(F)(F)F)c(CO)cc1C(F)(F)F. The Bertz CT molecular complexity index is 418. The van der Waals surface area contributed by atoms with Crippen molar-refractivity contribution in [2.75, 3.05) is 0 Å². The Morgan fingerprint density at radius 2 is 1.41 bits per heavy atom. The molecule has 0 heterocycles. The second-order valence-electron chi connectivity index (χ2n) is 3.48. The zero-order valence-electron chi connectivity index (χ0n) is 8.58. The Hall–Kier alpha value is -1.24. The number of aliphatic hydroxyl groups is 1. The van der Waals surface area contributed by atoms with E-state index in [0.29, 0.717) is 12.1 Å². The van der Waals surface area contributed by atoms with Crippen molar-refractivity contribution in [3.63, 3.8) is 0 Å². The minimum Gasteiger partial charge on any atom is -0.392 e. The van der Waals surface area contributed by atoms with Gasteiger partial charge in [0, 0.05) is 0 Å². The molecule has 1 aromatic carbocycles. The predicted octanol–water partition coefficient (Wildman–Crippen LogP) is 3.52. The molecule has 0 saturated heterocycles. The summed E-state index contributed by atoms with van der Waals surface area (Å²) in [5.74, 6) is 0. The van der Waals surface area contributed by atoms with Crippen molar-refractivity contribution in [2.24, 2.45) is 0 Å². The van der Waals surface area contributed by atoms with Gasteiger partial charge in [0.15, 0.2) is 0 Å². The number of hydrogen-bond acceptors (Lipinski definition) is 1. The first kappa shape index (κ1) is 13.8. The lowest BCUT2D eigenvalue weighted by Crippen LogP contribution is -2.14. The zero-order valence-corrected chi connectivity index (χ0v) is 8.58. The molecule has 0 aliphatic heterocycles. The first-order valence-corrected chi connectivity index (χ1v) is 4.46. The van der Waals surface area contributed by atoms with E-state index in [0.717, 1.165) is 6.92 Å². The van der Waals surface area contributed by atoms with Crippen LogP contribution in [0.15, 0.2) is 12.1 Å². The van der Waals surface area contributed by atoms with Gasteiger partial charge in [-0.05, 0) is 30.2 Å². The van der Waals surface area contributed by atoms with Gasteiger partial charge in [-0.1, -0.05) is 0 Å². The maximum atomic E-state index is 12.5. The van der Waals surface area contributed by atoms with Crippen LogP contribution in [0.4, 0.5) is 26.3 Å². The molecule has 0 bridgehead atoms. The van der Waals surface area contributed by atoms with Crippen LogP contribution < -0.4 is 0 Å². The topological polar surface area (TPSA) is 20.2 Å². The Morgan fingerprint density at radius 1 is 0.941 bits per heavy atom. The summed E-state index contributed by atoms with van der Waals surface area (Å²) in [6.45, 7) is -0.155. The fraction of sp³-hybridized carbons (Fsp3) is 0.400. The molecule has 0 aliphatic rings. The molecule has 17 heavy (non-hydrogen) atoms. The van der Waals surface area contributed by atoms with Crippen LogP contribution in [-0.4, -0.2) is 5.11 Å². The number of aryl methyl sites for hydroxylation is 1. The molecule has 96 valence electrons. The van der Waals surface area contributed by atoms with Crippen molar-refractivity contribution in [2.45, 2.75) is 25.9 Å². The van der Waals surface area contributed by atoms with Crippen LogP contribution in [0.5, 0.6) is 0 Å². The van der Waals surface area contributed by atoms with E-state index in [1.54, 1.807) is 0 Å². The molecule has 0 saturated carbocycles. The molecular weight excluding hydrogens is 250 g/mol. The van der Waals surface area contributed by atoms with E-state index in [4.69, 9.17) is 5.11 Å². The summed E-state index contributed by atoms with van der Waals surface area (Å²) in [5.41, 5.74) is -3.72.